The molecular formula is C7H15NO2. The van der Waals surface area contributed by atoms with Crippen molar-refractivity contribution in [3.8, 4) is 0 Å². The van der Waals surface area contributed by atoms with E-state index in [1.807, 2.05) is 27.7 Å². The highest BCUT2D eigenvalue weighted by Gasteiger charge is 2.22. The fraction of sp³-hybridized carbons (Fsp3) is 0.857. The molecule has 0 aliphatic rings. The molecule has 0 aromatic rings. The number of primary amides is 1. The highest BCUT2D eigenvalue weighted by atomic mass is 16.6. The number of hydrogen-bond donors (Lipinski definition) is 1. The zero-order valence-electron chi connectivity index (χ0n) is 6.97. The fourth-order valence-electron chi connectivity index (χ4n) is 0.351. The lowest BCUT2D eigenvalue weighted by atomic mass is 9.90. The van der Waals surface area contributed by atoms with Crippen LogP contribution in [-0.2, 0) is 4.74 Å². The van der Waals surface area contributed by atoms with Crippen LogP contribution >= 0.6 is 0 Å². The lowest BCUT2D eigenvalue weighted by Gasteiger charge is -2.25. The van der Waals surface area contributed by atoms with Crippen molar-refractivity contribution in [3.05, 3.63) is 0 Å². The molecule has 0 fully saturated rings. The van der Waals surface area contributed by atoms with Crippen molar-refractivity contribution in [3.63, 3.8) is 0 Å². The number of hydrogen-bond acceptors (Lipinski definition) is 2. The first kappa shape index (κ1) is 9.27. The minimum Gasteiger partial charge on any atom is -0.446 e. The Kier molecular flexibility index (Phi) is 2.69. The molecule has 0 spiro atoms. The Labute approximate surface area is 61.5 Å². The lowest BCUT2D eigenvalue weighted by Crippen LogP contribution is -2.30. The molecule has 0 bridgehead atoms. The fourth-order valence-corrected chi connectivity index (χ4v) is 0.351. The zero-order valence-corrected chi connectivity index (χ0v) is 6.97. The van der Waals surface area contributed by atoms with Gasteiger partial charge in [-0.3, -0.25) is 0 Å². The van der Waals surface area contributed by atoms with E-state index in [1.54, 1.807) is 0 Å². The monoisotopic (exact) mass is 145 g/mol. The third-order valence-electron chi connectivity index (χ3n) is 1.51. The van der Waals surface area contributed by atoms with Crippen LogP contribution in [0.2, 0.25) is 0 Å². The van der Waals surface area contributed by atoms with Gasteiger partial charge in [0, 0.05) is 0 Å². The van der Waals surface area contributed by atoms with Gasteiger partial charge in [-0.2, -0.15) is 0 Å². The largest absolute Gasteiger partial charge is 0.446 e. The van der Waals surface area contributed by atoms with Crippen LogP contribution in [0.25, 0.3) is 0 Å². The van der Waals surface area contributed by atoms with E-state index in [4.69, 9.17) is 10.5 Å². The molecule has 0 heterocycles. The lowest BCUT2D eigenvalue weighted by molar-refractivity contribution is 0.0498. The second-order valence-corrected chi connectivity index (χ2v) is 3.45. The summed E-state index contributed by atoms with van der Waals surface area (Å²) in [6.07, 6.45) is -0.840. The highest BCUT2D eigenvalue weighted by molar-refractivity contribution is 5.64. The second kappa shape index (κ2) is 2.90. The molecule has 0 rings (SSSR count). The summed E-state index contributed by atoms with van der Waals surface area (Å²) in [5.41, 5.74) is 4.80. The maximum Gasteiger partial charge on any atom is 0.404 e. The van der Waals surface area contributed by atoms with Crippen LogP contribution in [0.4, 0.5) is 4.79 Å². The molecule has 0 aromatic heterocycles. The van der Waals surface area contributed by atoms with Crippen LogP contribution in [-0.4, -0.2) is 12.2 Å². The van der Waals surface area contributed by atoms with Crippen molar-refractivity contribution < 1.29 is 9.53 Å². The van der Waals surface area contributed by atoms with E-state index < -0.39 is 6.09 Å². The van der Waals surface area contributed by atoms with Crippen LogP contribution in [0.5, 0.6) is 0 Å². The summed E-state index contributed by atoms with van der Waals surface area (Å²) in [6, 6.07) is 0. The topological polar surface area (TPSA) is 52.3 Å². The quantitative estimate of drug-likeness (QED) is 0.608. The van der Waals surface area contributed by atoms with Crippen molar-refractivity contribution in [1.82, 2.24) is 0 Å². The highest BCUT2D eigenvalue weighted by Crippen LogP contribution is 2.21. The maximum atomic E-state index is 10.3. The third kappa shape index (κ3) is 3.33. The molecule has 1 atom stereocenters. The van der Waals surface area contributed by atoms with E-state index in [0.29, 0.717) is 0 Å². The zero-order chi connectivity index (χ0) is 8.36. The summed E-state index contributed by atoms with van der Waals surface area (Å²) in [5.74, 6) is 0. The molecule has 0 aromatic carbocycles. The van der Waals surface area contributed by atoms with Gasteiger partial charge in [0.1, 0.15) is 6.10 Å². The van der Waals surface area contributed by atoms with Crippen LogP contribution in [0, 0.1) is 5.41 Å². The van der Waals surface area contributed by atoms with E-state index in [1.165, 1.54) is 0 Å². The van der Waals surface area contributed by atoms with Crippen LogP contribution in [0.1, 0.15) is 27.7 Å². The van der Waals surface area contributed by atoms with Gasteiger partial charge in [0.2, 0.25) is 0 Å². The Morgan fingerprint density at radius 2 is 1.90 bits per heavy atom. The Bertz CT molecular complexity index is 126. The van der Waals surface area contributed by atoms with Crippen molar-refractivity contribution in [2.24, 2.45) is 11.1 Å². The molecule has 0 aliphatic carbocycles. The van der Waals surface area contributed by atoms with Crippen LogP contribution in [0.3, 0.4) is 0 Å². The first-order chi connectivity index (χ1) is 4.34. The SMILES string of the molecule is C[C@H](OC(N)=O)C(C)(C)C. The average molecular weight is 145 g/mol. The minimum atomic E-state index is -0.706. The van der Waals surface area contributed by atoms with Crippen molar-refractivity contribution in [1.29, 1.82) is 0 Å². The van der Waals surface area contributed by atoms with E-state index in [2.05, 4.69) is 0 Å². The van der Waals surface area contributed by atoms with Crippen LogP contribution in [0.15, 0.2) is 0 Å². The van der Waals surface area contributed by atoms with Crippen molar-refractivity contribution in [2.45, 2.75) is 33.8 Å². The molecule has 0 unspecified atom stereocenters. The number of nitrogens with two attached hydrogens (primary N) is 1. The minimum absolute atomic E-state index is 0.0327. The first-order valence-corrected chi connectivity index (χ1v) is 3.30. The van der Waals surface area contributed by atoms with Crippen LogP contribution < -0.4 is 5.73 Å². The predicted octanol–water partition coefficient (Wildman–Crippen LogP) is 1.52. The van der Waals surface area contributed by atoms with Gasteiger partial charge in [0.05, 0.1) is 0 Å². The molecule has 2 N–H and O–H groups in total. The number of amides is 1. The summed E-state index contributed by atoms with van der Waals surface area (Å²) >= 11 is 0. The molecule has 0 saturated heterocycles. The summed E-state index contributed by atoms with van der Waals surface area (Å²) < 4.78 is 4.75. The maximum absolute atomic E-state index is 10.3. The number of rotatable bonds is 1. The predicted molar refractivity (Wildman–Crippen MR) is 39.6 cm³/mol. The molecule has 0 radical (unpaired) electrons. The van der Waals surface area contributed by atoms with Gasteiger partial charge < -0.3 is 10.5 Å². The summed E-state index contributed by atoms with van der Waals surface area (Å²) in [6.45, 7) is 7.78. The van der Waals surface area contributed by atoms with Gasteiger partial charge in [-0.1, -0.05) is 20.8 Å². The van der Waals surface area contributed by atoms with Gasteiger partial charge in [0.15, 0.2) is 0 Å². The van der Waals surface area contributed by atoms with E-state index in [9.17, 15) is 4.79 Å². The standard InChI is InChI=1S/C7H15NO2/c1-5(7(2,3)4)10-6(8)9/h5H,1-4H3,(H2,8,9)/t5-/m0/s1. The number of carbonyl (C=O) groups is 1. The summed E-state index contributed by atoms with van der Waals surface area (Å²) in [4.78, 5) is 10.3. The summed E-state index contributed by atoms with van der Waals surface area (Å²) in [7, 11) is 0. The molecule has 3 heteroatoms. The Balaban J connectivity index is 3.85. The van der Waals surface area contributed by atoms with Gasteiger partial charge in [0.25, 0.3) is 0 Å². The molecular weight excluding hydrogens is 130 g/mol. The van der Waals surface area contributed by atoms with Gasteiger partial charge in [-0.15, -0.1) is 0 Å². The van der Waals surface area contributed by atoms with Crippen molar-refractivity contribution >= 4 is 6.09 Å². The molecule has 1 amide bonds. The Morgan fingerprint density at radius 1 is 1.50 bits per heavy atom. The van der Waals surface area contributed by atoms with Gasteiger partial charge in [-0.25, -0.2) is 4.79 Å². The number of ether oxygens (including phenoxy) is 1. The van der Waals surface area contributed by atoms with E-state index >= 15 is 0 Å². The molecule has 0 aliphatic heterocycles. The average Bonchev–Trinajstić information content (AvgIpc) is 1.60. The van der Waals surface area contributed by atoms with Gasteiger partial charge in [-0.05, 0) is 12.3 Å². The van der Waals surface area contributed by atoms with E-state index in [-0.39, 0.29) is 11.5 Å². The molecule has 3 nitrogen and oxygen atoms in total. The first-order valence-electron chi connectivity index (χ1n) is 3.30. The Hall–Kier alpha value is -0.730. The molecule has 10 heavy (non-hydrogen) atoms. The molecule has 60 valence electrons. The summed E-state index contributed by atoms with van der Waals surface area (Å²) in [5, 5.41) is 0. The van der Waals surface area contributed by atoms with Crippen molar-refractivity contribution in [2.75, 3.05) is 0 Å². The smallest absolute Gasteiger partial charge is 0.404 e. The Morgan fingerprint density at radius 3 is 2.00 bits per heavy atom. The number of carbonyl (C=O) groups excluding carboxylic acids is 1. The third-order valence-corrected chi connectivity index (χ3v) is 1.51. The second-order valence-electron chi connectivity index (χ2n) is 3.45. The molecule has 0 saturated carbocycles. The van der Waals surface area contributed by atoms with E-state index in [0.717, 1.165) is 0 Å². The normalized spacial score (nSPS) is 14.4. The van der Waals surface area contributed by atoms with Gasteiger partial charge >= 0.3 is 6.09 Å².